The summed E-state index contributed by atoms with van der Waals surface area (Å²) < 4.78 is 20.3. The predicted molar refractivity (Wildman–Crippen MR) is 122 cm³/mol. The van der Waals surface area contributed by atoms with Crippen molar-refractivity contribution in [1.29, 1.82) is 0 Å². The van der Waals surface area contributed by atoms with Gasteiger partial charge in [0.1, 0.15) is 6.10 Å². The Morgan fingerprint density at radius 2 is 1.13 bits per heavy atom. The molecule has 2 aliphatic carbocycles. The Morgan fingerprint density at radius 1 is 0.677 bits per heavy atom. The monoisotopic (exact) mass is 442 g/mol. The summed E-state index contributed by atoms with van der Waals surface area (Å²) in [6, 6.07) is 0. The Balaban J connectivity index is 0.000000311. The van der Waals surface area contributed by atoms with Gasteiger partial charge in [-0.1, -0.05) is 66.2 Å². The highest BCUT2D eigenvalue weighted by atomic mass is 16.7. The maximum absolute atomic E-state index is 11.4. The van der Waals surface area contributed by atoms with Crippen LogP contribution < -0.4 is 0 Å². The van der Waals surface area contributed by atoms with Crippen molar-refractivity contribution in [3.8, 4) is 0 Å². The molecule has 0 saturated heterocycles. The SMILES string of the molecule is CC(C)C(C)OC(=O)OCC1CCCCC1.CC(C)COC(=O)OCC1CCCCC1. The lowest BCUT2D eigenvalue weighted by Crippen LogP contribution is -2.23. The minimum Gasteiger partial charge on any atom is -0.434 e. The van der Waals surface area contributed by atoms with Gasteiger partial charge in [0.25, 0.3) is 0 Å². The van der Waals surface area contributed by atoms with Gasteiger partial charge in [-0.05, 0) is 56.3 Å². The second-order valence-corrected chi connectivity index (χ2v) is 9.90. The molecule has 0 aromatic carbocycles. The van der Waals surface area contributed by atoms with Gasteiger partial charge in [0.2, 0.25) is 0 Å². The molecule has 0 aromatic rings. The van der Waals surface area contributed by atoms with Crippen molar-refractivity contribution in [3.05, 3.63) is 0 Å². The highest BCUT2D eigenvalue weighted by Gasteiger charge is 2.18. The number of carbonyl (C=O) groups is 2. The molecular weight excluding hydrogens is 396 g/mol. The average molecular weight is 443 g/mol. The highest BCUT2D eigenvalue weighted by molar-refractivity contribution is 5.60. The number of hydrogen-bond donors (Lipinski definition) is 0. The van der Waals surface area contributed by atoms with E-state index in [-0.39, 0.29) is 6.10 Å². The molecule has 6 heteroatoms. The van der Waals surface area contributed by atoms with Crippen molar-refractivity contribution in [2.45, 2.75) is 105 Å². The fourth-order valence-corrected chi connectivity index (χ4v) is 3.68. The number of hydrogen-bond acceptors (Lipinski definition) is 6. The quantitative estimate of drug-likeness (QED) is 0.372. The van der Waals surface area contributed by atoms with E-state index in [1.807, 2.05) is 34.6 Å². The minimum absolute atomic E-state index is 0.0705. The first-order chi connectivity index (χ1) is 14.8. The van der Waals surface area contributed by atoms with Gasteiger partial charge in [-0.25, -0.2) is 9.59 Å². The molecule has 0 heterocycles. The van der Waals surface area contributed by atoms with E-state index in [0.29, 0.717) is 43.5 Å². The molecule has 6 nitrogen and oxygen atoms in total. The number of carbonyl (C=O) groups excluding carboxylic acids is 2. The molecule has 0 bridgehead atoms. The Morgan fingerprint density at radius 3 is 1.55 bits per heavy atom. The van der Waals surface area contributed by atoms with Crippen LogP contribution >= 0.6 is 0 Å². The van der Waals surface area contributed by atoms with Gasteiger partial charge in [0.15, 0.2) is 0 Å². The summed E-state index contributed by atoms with van der Waals surface area (Å²) in [6.07, 6.45) is 11.4. The molecule has 0 aromatic heterocycles. The molecular formula is C25H46O6. The Kier molecular flexibility index (Phi) is 14.4. The van der Waals surface area contributed by atoms with Crippen molar-refractivity contribution >= 4 is 12.3 Å². The lowest BCUT2D eigenvalue weighted by molar-refractivity contribution is 0.00470. The van der Waals surface area contributed by atoms with Crippen molar-refractivity contribution in [2.24, 2.45) is 23.7 Å². The number of ether oxygens (including phenoxy) is 4. The molecule has 2 aliphatic rings. The zero-order chi connectivity index (χ0) is 23.1. The van der Waals surface area contributed by atoms with E-state index < -0.39 is 12.3 Å². The van der Waals surface area contributed by atoms with Gasteiger partial charge in [-0.15, -0.1) is 0 Å². The van der Waals surface area contributed by atoms with Gasteiger partial charge < -0.3 is 18.9 Å². The second-order valence-electron chi connectivity index (χ2n) is 9.90. The molecule has 1 atom stereocenters. The average Bonchev–Trinajstić information content (AvgIpc) is 2.76. The molecule has 182 valence electrons. The van der Waals surface area contributed by atoms with E-state index in [9.17, 15) is 9.59 Å². The third-order valence-electron chi connectivity index (χ3n) is 6.08. The van der Waals surface area contributed by atoms with Crippen molar-refractivity contribution < 1.29 is 28.5 Å². The summed E-state index contributed by atoms with van der Waals surface area (Å²) in [5.41, 5.74) is 0. The van der Waals surface area contributed by atoms with E-state index in [1.54, 1.807) is 0 Å². The molecule has 2 rings (SSSR count). The van der Waals surface area contributed by atoms with E-state index in [1.165, 1.54) is 64.2 Å². The first-order valence-electron chi connectivity index (χ1n) is 12.4. The topological polar surface area (TPSA) is 71.1 Å². The van der Waals surface area contributed by atoms with Crippen LogP contribution in [0.2, 0.25) is 0 Å². The molecule has 31 heavy (non-hydrogen) atoms. The fraction of sp³-hybridized carbons (Fsp3) is 0.920. The summed E-state index contributed by atoms with van der Waals surface area (Å²) in [4.78, 5) is 22.5. The van der Waals surface area contributed by atoms with E-state index in [2.05, 4.69) is 0 Å². The number of rotatable bonds is 8. The zero-order valence-corrected chi connectivity index (χ0v) is 20.5. The molecule has 2 fully saturated rings. The van der Waals surface area contributed by atoms with Gasteiger partial charge in [-0.3, -0.25) is 0 Å². The predicted octanol–water partition coefficient (Wildman–Crippen LogP) is 7.14. The van der Waals surface area contributed by atoms with Crippen molar-refractivity contribution in [2.75, 3.05) is 19.8 Å². The third kappa shape index (κ3) is 14.3. The Labute approximate surface area is 189 Å². The molecule has 2 saturated carbocycles. The van der Waals surface area contributed by atoms with Crippen LogP contribution in [0, 0.1) is 23.7 Å². The van der Waals surface area contributed by atoms with E-state index in [4.69, 9.17) is 18.9 Å². The van der Waals surface area contributed by atoms with Crippen LogP contribution in [0.3, 0.4) is 0 Å². The first-order valence-corrected chi connectivity index (χ1v) is 12.4. The van der Waals surface area contributed by atoms with Gasteiger partial charge >= 0.3 is 12.3 Å². The second kappa shape index (κ2) is 16.2. The van der Waals surface area contributed by atoms with Crippen LogP contribution in [-0.4, -0.2) is 38.2 Å². The van der Waals surface area contributed by atoms with Gasteiger partial charge in [0.05, 0.1) is 19.8 Å². The normalized spacial score (nSPS) is 18.7. The minimum atomic E-state index is -0.508. The largest absolute Gasteiger partial charge is 0.508 e. The molecule has 0 amide bonds. The van der Waals surface area contributed by atoms with Crippen LogP contribution in [0.25, 0.3) is 0 Å². The summed E-state index contributed by atoms with van der Waals surface area (Å²) in [5, 5.41) is 0. The van der Waals surface area contributed by atoms with Gasteiger partial charge in [0, 0.05) is 0 Å². The molecule has 0 radical (unpaired) electrons. The zero-order valence-electron chi connectivity index (χ0n) is 20.5. The van der Waals surface area contributed by atoms with Crippen LogP contribution in [0.5, 0.6) is 0 Å². The van der Waals surface area contributed by atoms with Crippen molar-refractivity contribution in [3.63, 3.8) is 0 Å². The maximum Gasteiger partial charge on any atom is 0.508 e. The fourth-order valence-electron chi connectivity index (χ4n) is 3.68. The van der Waals surface area contributed by atoms with Crippen molar-refractivity contribution in [1.82, 2.24) is 0 Å². The van der Waals surface area contributed by atoms with Gasteiger partial charge in [-0.2, -0.15) is 0 Å². The lowest BCUT2D eigenvalue weighted by atomic mass is 9.90. The van der Waals surface area contributed by atoms with E-state index >= 15 is 0 Å². The Hall–Kier alpha value is -1.46. The molecule has 0 aliphatic heterocycles. The molecule has 0 spiro atoms. The van der Waals surface area contributed by atoms with Crippen LogP contribution in [0.15, 0.2) is 0 Å². The Bertz CT molecular complexity index is 478. The van der Waals surface area contributed by atoms with E-state index in [0.717, 1.165) is 0 Å². The molecule has 0 N–H and O–H groups in total. The van der Waals surface area contributed by atoms with Crippen LogP contribution in [-0.2, 0) is 18.9 Å². The highest BCUT2D eigenvalue weighted by Crippen LogP contribution is 2.24. The van der Waals surface area contributed by atoms with Crippen LogP contribution in [0.1, 0.15) is 98.8 Å². The first kappa shape index (κ1) is 27.6. The standard InChI is InChI=1S/C13H24O3.C12H22O3/c1-10(2)11(3)16-13(14)15-9-12-7-5-4-6-8-12;1-10(2)8-14-12(13)15-9-11-6-4-3-5-7-11/h10-12H,4-9H2,1-3H3;10-11H,3-9H2,1-2H3. The van der Waals surface area contributed by atoms with Crippen LogP contribution in [0.4, 0.5) is 9.59 Å². The maximum atomic E-state index is 11.4. The third-order valence-corrected chi connectivity index (χ3v) is 6.08. The smallest absolute Gasteiger partial charge is 0.434 e. The summed E-state index contributed by atoms with van der Waals surface area (Å²) >= 11 is 0. The summed E-state index contributed by atoms with van der Waals surface area (Å²) in [6.45, 7) is 11.5. The molecule has 1 unspecified atom stereocenters. The summed E-state index contributed by atoms with van der Waals surface area (Å²) in [7, 11) is 0. The summed E-state index contributed by atoms with van der Waals surface area (Å²) in [5.74, 6) is 1.82. The lowest BCUT2D eigenvalue weighted by Gasteiger charge is -2.22.